The highest BCUT2D eigenvalue weighted by atomic mass is 16.5. The lowest BCUT2D eigenvalue weighted by atomic mass is 9.63. The van der Waals surface area contributed by atoms with Crippen molar-refractivity contribution in [2.24, 2.45) is 16.8 Å². The van der Waals surface area contributed by atoms with Gasteiger partial charge in [0.05, 0.1) is 30.1 Å². The van der Waals surface area contributed by atoms with E-state index < -0.39 is 0 Å². The maximum atomic E-state index is 12.9. The molecule has 1 N–H and O–H groups in total. The molecule has 0 aromatic heterocycles. The highest BCUT2D eigenvalue weighted by molar-refractivity contribution is 6.09. The summed E-state index contributed by atoms with van der Waals surface area (Å²) in [6.07, 6.45) is 6.58. The van der Waals surface area contributed by atoms with Crippen LogP contribution in [-0.4, -0.2) is 49.6 Å². The smallest absolute Gasteiger partial charge is 0.338 e. The van der Waals surface area contributed by atoms with Gasteiger partial charge in [0.1, 0.15) is 0 Å². The minimum absolute atomic E-state index is 0.0785. The molecular formula is C28H38N2O3. The fraction of sp³-hybridized carbons (Fsp3) is 0.571. The molecule has 178 valence electrons. The fourth-order valence-electron chi connectivity index (χ4n) is 5.93. The molecule has 5 nitrogen and oxygen atoms in total. The number of benzene rings is 1. The third kappa shape index (κ3) is 4.71. The van der Waals surface area contributed by atoms with Gasteiger partial charge in [0.2, 0.25) is 0 Å². The Morgan fingerprint density at radius 2 is 2.00 bits per heavy atom. The van der Waals surface area contributed by atoms with Crippen LogP contribution in [0.15, 0.2) is 52.6 Å². The van der Waals surface area contributed by atoms with Crippen LogP contribution in [0.1, 0.15) is 69.3 Å². The zero-order valence-corrected chi connectivity index (χ0v) is 20.6. The Labute approximate surface area is 198 Å². The van der Waals surface area contributed by atoms with Crippen molar-refractivity contribution in [2.45, 2.75) is 71.6 Å². The molecule has 1 saturated heterocycles. The number of hydrogen-bond acceptors (Lipinski definition) is 5. The molecule has 6 unspecified atom stereocenters. The number of aliphatic imine (C=N–C) groups is 1. The second-order valence-corrected chi connectivity index (χ2v) is 9.51. The molecule has 0 amide bonds. The molecule has 33 heavy (non-hydrogen) atoms. The first-order chi connectivity index (χ1) is 16.0. The number of nitrogens with one attached hydrogen (secondary N) is 1. The van der Waals surface area contributed by atoms with Gasteiger partial charge in [0.15, 0.2) is 0 Å². The summed E-state index contributed by atoms with van der Waals surface area (Å²) in [6, 6.07) is 8.43. The van der Waals surface area contributed by atoms with Gasteiger partial charge in [-0.05, 0) is 86.9 Å². The van der Waals surface area contributed by atoms with Crippen LogP contribution >= 0.6 is 0 Å². The van der Waals surface area contributed by atoms with Crippen molar-refractivity contribution in [1.82, 2.24) is 5.32 Å². The second-order valence-electron chi connectivity index (χ2n) is 9.51. The molecule has 1 aromatic carbocycles. The molecule has 4 rings (SSSR count). The molecule has 5 heteroatoms. The minimum Gasteiger partial charge on any atom is -0.462 e. The average molecular weight is 451 g/mol. The Balaban J connectivity index is 1.83. The number of carbonyl (C=O) groups is 1. The van der Waals surface area contributed by atoms with E-state index in [2.05, 4.69) is 51.2 Å². The monoisotopic (exact) mass is 450 g/mol. The number of rotatable bonds is 6. The minimum atomic E-state index is -0.245. The van der Waals surface area contributed by atoms with Crippen LogP contribution in [0.3, 0.4) is 0 Å². The highest BCUT2D eigenvalue weighted by Gasteiger charge is 2.48. The third-order valence-corrected chi connectivity index (χ3v) is 7.43. The SMILES string of the molecule is CC/N=C1/C=C2C(C=C1C)OC1CC(C)C(NCC)CC1C2c1ccccc1C(=O)OCC. The van der Waals surface area contributed by atoms with E-state index in [1.165, 1.54) is 5.57 Å². The first kappa shape index (κ1) is 23.9. The van der Waals surface area contributed by atoms with Crippen molar-refractivity contribution in [3.05, 3.63) is 58.7 Å². The molecule has 6 atom stereocenters. The second kappa shape index (κ2) is 10.4. The highest BCUT2D eigenvalue weighted by Crippen LogP contribution is 2.50. The number of nitrogens with zero attached hydrogens (tertiary/aromatic N) is 1. The first-order valence-corrected chi connectivity index (χ1v) is 12.6. The van der Waals surface area contributed by atoms with Crippen molar-refractivity contribution in [3.8, 4) is 0 Å². The van der Waals surface area contributed by atoms with Gasteiger partial charge in [-0.1, -0.05) is 32.0 Å². The number of esters is 1. The van der Waals surface area contributed by atoms with Gasteiger partial charge in [0, 0.05) is 18.5 Å². The summed E-state index contributed by atoms with van der Waals surface area (Å²) in [5.74, 6) is 0.682. The zero-order valence-electron chi connectivity index (χ0n) is 20.6. The summed E-state index contributed by atoms with van der Waals surface area (Å²) in [5, 5.41) is 3.70. The largest absolute Gasteiger partial charge is 0.462 e. The Morgan fingerprint density at radius 1 is 1.21 bits per heavy atom. The Morgan fingerprint density at radius 3 is 2.73 bits per heavy atom. The number of hydrogen-bond donors (Lipinski definition) is 1. The molecular weight excluding hydrogens is 412 g/mol. The fourth-order valence-corrected chi connectivity index (χ4v) is 5.93. The topological polar surface area (TPSA) is 59.9 Å². The maximum absolute atomic E-state index is 12.9. The zero-order chi connectivity index (χ0) is 23.5. The van der Waals surface area contributed by atoms with E-state index in [9.17, 15) is 4.79 Å². The summed E-state index contributed by atoms with van der Waals surface area (Å²) in [7, 11) is 0. The van der Waals surface area contributed by atoms with E-state index >= 15 is 0 Å². The molecule has 0 bridgehead atoms. The Hall–Kier alpha value is -2.24. The van der Waals surface area contributed by atoms with Gasteiger partial charge in [-0.2, -0.15) is 0 Å². The Bertz CT molecular complexity index is 964. The predicted octanol–water partition coefficient (Wildman–Crippen LogP) is 5.09. The van der Waals surface area contributed by atoms with E-state index in [0.29, 0.717) is 24.1 Å². The number of allylic oxidation sites excluding steroid dienone is 2. The van der Waals surface area contributed by atoms with E-state index in [0.717, 1.165) is 42.8 Å². The molecule has 1 aromatic rings. The molecule has 1 heterocycles. The summed E-state index contributed by atoms with van der Waals surface area (Å²) < 4.78 is 12.2. The van der Waals surface area contributed by atoms with Gasteiger partial charge in [0.25, 0.3) is 0 Å². The molecule has 3 aliphatic rings. The average Bonchev–Trinajstić information content (AvgIpc) is 2.80. The lowest BCUT2D eigenvalue weighted by Gasteiger charge is -2.50. The molecule has 2 fully saturated rings. The molecule has 0 radical (unpaired) electrons. The van der Waals surface area contributed by atoms with Crippen LogP contribution in [-0.2, 0) is 9.47 Å². The van der Waals surface area contributed by atoms with Crippen molar-refractivity contribution in [3.63, 3.8) is 0 Å². The van der Waals surface area contributed by atoms with E-state index in [-0.39, 0.29) is 30.0 Å². The van der Waals surface area contributed by atoms with Crippen LogP contribution in [0.2, 0.25) is 0 Å². The molecule has 1 saturated carbocycles. The predicted molar refractivity (Wildman–Crippen MR) is 133 cm³/mol. The normalized spacial score (nSPS) is 32.5. The summed E-state index contributed by atoms with van der Waals surface area (Å²) >= 11 is 0. The maximum Gasteiger partial charge on any atom is 0.338 e. The number of ether oxygens (including phenoxy) is 2. The number of carbonyl (C=O) groups excluding carboxylic acids is 1. The molecule has 2 aliphatic carbocycles. The van der Waals surface area contributed by atoms with E-state index in [1.807, 2.05) is 25.1 Å². The van der Waals surface area contributed by atoms with Gasteiger partial charge in [-0.15, -0.1) is 0 Å². The van der Waals surface area contributed by atoms with Crippen molar-refractivity contribution in [2.75, 3.05) is 19.7 Å². The van der Waals surface area contributed by atoms with Crippen LogP contribution in [0.4, 0.5) is 0 Å². The van der Waals surface area contributed by atoms with Crippen LogP contribution < -0.4 is 5.32 Å². The quantitative estimate of drug-likeness (QED) is 0.614. The standard InChI is InChI=1S/C28H38N2O3/c1-6-29-23-15-21-25(13-17(23)4)33-26-14-18(5)24(30-7-2)16-22(26)27(21)19-11-9-10-12-20(19)28(31)32-8-3/h9-13,15,18,22,24-27,30H,6-8,14,16H2,1-5H3/b29-23-. The summed E-state index contributed by atoms with van der Waals surface area (Å²) in [4.78, 5) is 17.7. The summed E-state index contributed by atoms with van der Waals surface area (Å²) in [6.45, 7) is 12.6. The Kier molecular flexibility index (Phi) is 7.50. The summed E-state index contributed by atoms with van der Waals surface area (Å²) in [5.41, 5.74) is 5.13. The van der Waals surface area contributed by atoms with Crippen molar-refractivity contribution < 1.29 is 14.3 Å². The van der Waals surface area contributed by atoms with Crippen molar-refractivity contribution >= 4 is 11.7 Å². The van der Waals surface area contributed by atoms with Gasteiger partial charge in [-0.3, -0.25) is 4.99 Å². The lowest BCUT2D eigenvalue weighted by Crippen LogP contribution is -2.52. The lowest BCUT2D eigenvalue weighted by molar-refractivity contribution is -0.0791. The number of fused-ring (bicyclic) bond motifs is 2. The third-order valence-electron chi connectivity index (χ3n) is 7.43. The van der Waals surface area contributed by atoms with Gasteiger partial charge >= 0.3 is 5.97 Å². The van der Waals surface area contributed by atoms with E-state index in [1.54, 1.807) is 0 Å². The first-order valence-electron chi connectivity index (χ1n) is 12.6. The van der Waals surface area contributed by atoms with Crippen LogP contribution in [0.25, 0.3) is 0 Å². The van der Waals surface area contributed by atoms with Gasteiger partial charge in [-0.25, -0.2) is 4.79 Å². The van der Waals surface area contributed by atoms with E-state index in [4.69, 9.17) is 14.5 Å². The van der Waals surface area contributed by atoms with Crippen LogP contribution in [0.5, 0.6) is 0 Å². The van der Waals surface area contributed by atoms with Crippen molar-refractivity contribution in [1.29, 1.82) is 0 Å². The van der Waals surface area contributed by atoms with Crippen LogP contribution in [0, 0.1) is 11.8 Å². The van der Waals surface area contributed by atoms with Gasteiger partial charge < -0.3 is 14.8 Å². The molecule has 1 aliphatic heterocycles. The molecule has 0 spiro atoms.